The number of ether oxygens (including phenoxy) is 3. The Morgan fingerprint density at radius 1 is 1.04 bits per heavy atom. The van der Waals surface area contributed by atoms with Gasteiger partial charge in [-0.2, -0.15) is 0 Å². The van der Waals surface area contributed by atoms with Crippen molar-refractivity contribution in [3.63, 3.8) is 0 Å². The molecule has 0 bridgehead atoms. The van der Waals surface area contributed by atoms with Crippen LogP contribution in [0.25, 0.3) is 10.9 Å². The Morgan fingerprint density at radius 3 is 2.36 bits per heavy atom. The van der Waals surface area contributed by atoms with E-state index in [1.807, 2.05) is 24.3 Å². The molecule has 146 valence electrons. The Hall–Kier alpha value is -3.55. The van der Waals surface area contributed by atoms with Crippen molar-refractivity contribution < 1.29 is 19.0 Å². The standard InChI is InChI=1S/C20H22N4O4/c1-20(2,19(21)25)28-17-9-14-15(10-16(17)27-4)22-11-23-18(14)24-12-5-7-13(26-3)8-6-12/h5-11H,1-4H3,(H2,21,25)(H,22,23,24). The van der Waals surface area contributed by atoms with Gasteiger partial charge in [0.25, 0.3) is 5.91 Å². The lowest BCUT2D eigenvalue weighted by Crippen LogP contribution is -2.43. The average molecular weight is 382 g/mol. The van der Waals surface area contributed by atoms with Crippen molar-refractivity contribution in [2.24, 2.45) is 5.73 Å². The third kappa shape index (κ3) is 3.90. The molecule has 1 aromatic heterocycles. The summed E-state index contributed by atoms with van der Waals surface area (Å²) in [7, 11) is 3.13. The highest BCUT2D eigenvalue weighted by molar-refractivity contribution is 5.93. The molecular formula is C20H22N4O4. The van der Waals surface area contributed by atoms with Gasteiger partial charge in [0, 0.05) is 17.1 Å². The predicted molar refractivity (Wildman–Crippen MR) is 106 cm³/mol. The topological polar surface area (TPSA) is 109 Å². The van der Waals surface area contributed by atoms with E-state index in [1.165, 1.54) is 13.4 Å². The summed E-state index contributed by atoms with van der Waals surface area (Å²) in [5.41, 5.74) is 5.71. The molecule has 1 heterocycles. The van der Waals surface area contributed by atoms with Crippen LogP contribution in [0.5, 0.6) is 17.2 Å². The Balaban J connectivity index is 2.03. The van der Waals surface area contributed by atoms with Gasteiger partial charge in [0.05, 0.1) is 19.7 Å². The second kappa shape index (κ2) is 7.59. The molecule has 2 aromatic carbocycles. The highest BCUT2D eigenvalue weighted by atomic mass is 16.5. The van der Waals surface area contributed by atoms with Crippen LogP contribution < -0.4 is 25.3 Å². The maximum Gasteiger partial charge on any atom is 0.261 e. The van der Waals surface area contributed by atoms with Gasteiger partial charge in [-0.05, 0) is 44.2 Å². The van der Waals surface area contributed by atoms with Crippen LogP contribution in [0.1, 0.15) is 13.8 Å². The van der Waals surface area contributed by atoms with Gasteiger partial charge in [-0.1, -0.05) is 0 Å². The van der Waals surface area contributed by atoms with Crippen LogP contribution >= 0.6 is 0 Å². The zero-order chi connectivity index (χ0) is 20.3. The van der Waals surface area contributed by atoms with E-state index >= 15 is 0 Å². The summed E-state index contributed by atoms with van der Waals surface area (Å²) in [5, 5.41) is 3.96. The third-order valence-corrected chi connectivity index (χ3v) is 4.23. The molecule has 0 saturated heterocycles. The third-order valence-electron chi connectivity index (χ3n) is 4.23. The quantitative estimate of drug-likeness (QED) is 0.646. The molecule has 8 nitrogen and oxygen atoms in total. The van der Waals surface area contributed by atoms with Crippen LogP contribution in [0.2, 0.25) is 0 Å². The minimum atomic E-state index is -1.21. The zero-order valence-electron chi connectivity index (χ0n) is 16.1. The van der Waals surface area contributed by atoms with E-state index in [9.17, 15) is 4.79 Å². The van der Waals surface area contributed by atoms with Crippen LogP contribution in [-0.2, 0) is 4.79 Å². The molecular weight excluding hydrogens is 360 g/mol. The molecule has 0 fully saturated rings. The first-order valence-corrected chi connectivity index (χ1v) is 8.57. The average Bonchev–Trinajstić information content (AvgIpc) is 2.68. The summed E-state index contributed by atoms with van der Waals surface area (Å²) in [4.78, 5) is 20.3. The van der Waals surface area contributed by atoms with Gasteiger partial charge in [0.1, 0.15) is 17.9 Å². The summed E-state index contributed by atoms with van der Waals surface area (Å²) < 4.78 is 16.4. The second-order valence-corrected chi connectivity index (χ2v) is 6.57. The fourth-order valence-corrected chi connectivity index (χ4v) is 2.54. The van der Waals surface area contributed by atoms with Crippen molar-refractivity contribution in [2.45, 2.75) is 19.4 Å². The van der Waals surface area contributed by atoms with Crippen LogP contribution in [0.15, 0.2) is 42.7 Å². The number of hydrogen-bond donors (Lipinski definition) is 2. The Bertz CT molecular complexity index is 1000. The highest BCUT2D eigenvalue weighted by Crippen LogP contribution is 2.36. The molecule has 8 heteroatoms. The van der Waals surface area contributed by atoms with Crippen molar-refractivity contribution in [3.05, 3.63) is 42.7 Å². The SMILES string of the molecule is COc1ccc(Nc2ncnc3cc(OC)c(OC(C)(C)C(N)=O)cc23)cc1. The van der Waals surface area contributed by atoms with E-state index < -0.39 is 11.5 Å². The maximum atomic E-state index is 11.7. The van der Waals surface area contributed by atoms with E-state index in [0.29, 0.717) is 28.2 Å². The molecule has 0 aliphatic heterocycles. The molecule has 3 aromatic rings. The molecule has 0 aliphatic rings. The number of nitrogens with two attached hydrogens (primary N) is 1. The normalized spacial score (nSPS) is 11.1. The van der Waals surface area contributed by atoms with Crippen molar-refractivity contribution in [1.82, 2.24) is 9.97 Å². The second-order valence-electron chi connectivity index (χ2n) is 6.57. The van der Waals surface area contributed by atoms with Gasteiger partial charge in [0.2, 0.25) is 0 Å². The molecule has 0 saturated carbocycles. The number of nitrogens with one attached hydrogen (secondary N) is 1. The monoisotopic (exact) mass is 382 g/mol. The number of benzene rings is 2. The minimum absolute atomic E-state index is 0.367. The van der Waals surface area contributed by atoms with Crippen LogP contribution in [-0.4, -0.2) is 35.7 Å². The minimum Gasteiger partial charge on any atom is -0.497 e. The van der Waals surface area contributed by atoms with Crippen molar-refractivity contribution in [2.75, 3.05) is 19.5 Å². The number of carbonyl (C=O) groups excluding carboxylic acids is 1. The molecule has 28 heavy (non-hydrogen) atoms. The summed E-state index contributed by atoms with van der Waals surface area (Å²) in [6.45, 7) is 3.19. The first kappa shape index (κ1) is 19.2. The van der Waals surface area contributed by atoms with Gasteiger partial charge in [-0.3, -0.25) is 4.79 Å². The number of primary amides is 1. The first-order valence-electron chi connectivity index (χ1n) is 8.57. The summed E-state index contributed by atoms with van der Waals surface area (Å²) >= 11 is 0. The maximum absolute atomic E-state index is 11.7. The highest BCUT2D eigenvalue weighted by Gasteiger charge is 2.29. The number of fused-ring (bicyclic) bond motifs is 1. The number of hydrogen-bond acceptors (Lipinski definition) is 7. The smallest absolute Gasteiger partial charge is 0.261 e. The molecule has 0 spiro atoms. The lowest BCUT2D eigenvalue weighted by Gasteiger charge is -2.24. The lowest BCUT2D eigenvalue weighted by molar-refractivity contribution is -0.130. The molecule has 0 radical (unpaired) electrons. The van der Waals surface area contributed by atoms with Crippen molar-refractivity contribution in [3.8, 4) is 17.2 Å². The number of methoxy groups -OCH3 is 2. The van der Waals surface area contributed by atoms with E-state index in [2.05, 4.69) is 15.3 Å². The number of nitrogens with zero attached hydrogens (tertiary/aromatic N) is 2. The van der Waals surface area contributed by atoms with Crippen molar-refractivity contribution >= 4 is 28.3 Å². The van der Waals surface area contributed by atoms with Gasteiger partial charge < -0.3 is 25.3 Å². The lowest BCUT2D eigenvalue weighted by atomic mass is 10.1. The Morgan fingerprint density at radius 2 is 1.75 bits per heavy atom. The van der Waals surface area contributed by atoms with Crippen LogP contribution in [0.3, 0.4) is 0 Å². The molecule has 1 amide bonds. The van der Waals surface area contributed by atoms with Gasteiger partial charge in [-0.25, -0.2) is 9.97 Å². The van der Waals surface area contributed by atoms with Gasteiger partial charge in [0.15, 0.2) is 17.1 Å². The summed E-state index contributed by atoms with van der Waals surface area (Å²) in [5.74, 6) is 1.56. The molecule has 0 atom stereocenters. The van der Waals surface area contributed by atoms with Gasteiger partial charge in [-0.15, -0.1) is 0 Å². The number of aromatic nitrogens is 2. The molecule has 3 rings (SSSR count). The first-order chi connectivity index (χ1) is 13.3. The predicted octanol–water partition coefficient (Wildman–Crippen LogP) is 3.03. The van der Waals surface area contributed by atoms with E-state index in [-0.39, 0.29) is 0 Å². The van der Waals surface area contributed by atoms with E-state index in [0.717, 1.165) is 11.4 Å². The Kier molecular flexibility index (Phi) is 5.21. The van der Waals surface area contributed by atoms with E-state index in [4.69, 9.17) is 19.9 Å². The van der Waals surface area contributed by atoms with Crippen LogP contribution in [0.4, 0.5) is 11.5 Å². The van der Waals surface area contributed by atoms with Crippen LogP contribution in [0, 0.1) is 0 Å². The fraction of sp³-hybridized carbons (Fsp3) is 0.250. The number of amides is 1. The number of rotatable bonds is 7. The zero-order valence-corrected chi connectivity index (χ0v) is 16.1. The molecule has 3 N–H and O–H groups in total. The summed E-state index contributed by atoms with van der Waals surface area (Å²) in [6.07, 6.45) is 1.46. The van der Waals surface area contributed by atoms with E-state index in [1.54, 1.807) is 33.1 Å². The fourth-order valence-electron chi connectivity index (χ4n) is 2.54. The number of carbonyl (C=O) groups is 1. The molecule has 0 aliphatic carbocycles. The summed E-state index contributed by atoms with van der Waals surface area (Å²) in [6, 6.07) is 10.9. The van der Waals surface area contributed by atoms with Gasteiger partial charge >= 0.3 is 0 Å². The largest absolute Gasteiger partial charge is 0.497 e. The molecule has 0 unspecified atom stereocenters. The number of anilines is 2. The Labute approximate surface area is 162 Å². The van der Waals surface area contributed by atoms with Crippen molar-refractivity contribution in [1.29, 1.82) is 0 Å².